The molecule has 1 unspecified atom stereocenters. The van der Waals surface area contributed by atoms with Crippen molar-refractivity contribution < 1.29 is 9.50 Å². The van der Waals surface area contributed by atoms with Gasteiger partial charge in [0.15, 0.2) is 0 Å². The summed E-state index contributed by atoms with van der Waals surface area (Å²) in [7, 11) is 0. The van der Waals surface area contributed by atoms with Gasteiger partial charge in [0.2, 0.25) is 0 Å². The van der Waals surface area contributed by atoms with E-state index in [1.165, 1.54) is 6.07 Å². The largest absolute Gasteiger partial charge is 0.385 e. The number of rotatable bonds is 5. The van der Waals surface area contributed by atoms with Crippen LogP contribution in [0.2, 0.25) is 5.02 Å². The smallest absolute Gasteiger partial charge is 0.129 e. The number of hydrogen-bond acceptors (Lipinski definition) is 2. The molecule has 2 aromatic rings. The van der Waals surface area contributed by atoms with E-state index in [2.05, 4.69) is 5.10 Å². The van der Waals surface area contributed by atoms with Crippen molar-refractivity contribution in [3.05, 3.63) is 52.1 Å². The minimum Gasteiger partial charge on any atom is -0.385 e. The van der Waals surface area contributed by atoms with E-state index in [9.17, 15) is 9.50 Å². The Bertz CT molecular complexity index is 637. The fraction of sp³-hybridized carbons (Fsp3) is 0.438. The molecule has 0 aliphatic rings. The van der Waals surface area contributed by atoms with Crippen LogP contribution in [-0.4, -0.2) is 14.9 Å². The highest BCUT2D eigenvalue weighted by Crippen LogP contribution is 2.31. The van der Waals surface area contributed by atoms with Gasteiger partial charge < -0.3 is 5.11 Å². The van der Waals surface area contributed by atoms with Crippen molar-refractivity contribution in [1.29, 1.82) is 0 Å². The second-order valence-corrected chi connectivity index (χ2v) is 5.69. The molecule has 1 atom stereocenters. The Morgan fingerprint density at radius 1 is 1.33 bits per heavy atom. The van der Waals surface area contributed by atoms with Gasteiger partial charge in [-0.1, -0.05) is 36.7 Å². The van der Waals surface area contributed by atoms with Crippen LogP contribution in [0.15, 0.2) is 24.3 Å². The van der Waals surface area contributed by atoms with Crippen LogP contribution < -0.4 is 0 Å². The third kappa shape index (κ3) is 3.11. The van der Waals surface area contributed by atoms with Crippen molar-refractivity contribution in [1.82, 2.24) is 9.78 Å². The van der Waals surface area contributed by atoms with E-state index in [4.69, 9.17) is 11.6 Å². The average molecular weight is 311 g/mol. The highest BCUT2D eigenvalue weighted by atomic mass is 35.5. The number of aromatic nitrogens is 2. The lowest BCUT2D eigenvalue weighted by atomic mass is 9.90. The van der Waals surface area contributed by atoms with E-state index < -0.39 is 11.4 Å². The van der Waals surface area contributed by atoms with Gasteiger partial charge in [-0.25, -0.2) is 4.39 Å². The van der Waals surface area contributed by atoms with Gasteiger partial charge in [-0.3, -0.25) is 4.68 Å². The van der Waals surface area contributed by atoms with E-state index in [1.807, 2.05) is 13.8 Å². The molecule has 2 rings (SSSR count). The molecule has 114 valence electrons. The summed E-state index contributed by atoms with van der Waals surface area (Å²) in [6.45, 7) is 6.19. The zero-order valence-electron chi connectivity index (χ0n) is 12.5. The molecule has 21 heavy (non-hydrogen) atoms. The standard InChI is InChI=1S/C16H20ClFN2O/c1-4-13-15(17)14(20(5-2)19-13)10-16(3,21)11-8-6-7-9-12(11)18/h6-9,21H,4-5,10H2,1-3H3. The zero-order chi connectivity index (χ0) is 15.6. The number of nitrogens with zero attached hydrogens (tertiary/aromatic N) is 2. The third-order valence-corrected chi connectivity index (χ3v) is 4.10. The summed E-state index contributed by atoms with van der Waals surface area (Å²) < 4.78 is 15.7. The highest BCUT2D eigenvalue weighted by molar-refractivity contribution is 6.31. The normalized spacial score (nSPS) is 14.2. The van der Waals surface area contributed by atoms with Crippen molar-refractivity contribution in [2.24, 2.45) is 0 Å². The van der Waals surface area contributed by atoms with Gasteiger partial charge in [0.05, 0.1) is 22.0 Å². The molecule has 0 bridgehead atoms. The molecular weight excluding hydrogens is 291 g/mol. The molecule has 1 heterocycles. The summed E-state index contributed by atoms with van der Waals surface area (Å²) in [5.74, 6) is -0.420. The minimum absolute atomic E-state index is 0.216. The fourth-order valence-corrected chi connectivity index (χ4v) is 2.84. The molecule has 3 nitrogen and oxygen atoms in total. The Labute approximate surface area is 129 Å². The second kappa shape index (κ2) is 6.16. The molecule has 5 heteroatoms. The monoisotopic (exact) mass is 310 g/mol. The number of halogens is 2. The van der Waals surface area contributed by atoms with Crippen LogP contribution >= 0.6 is 11.6 Å². The van der Waals surface area contributed by atoms with Crippen LogP contribution in [0.3, 0.4) is 0 Å². The minimum atomic E-state index is -1.34. The highest BCUT2D eigenvalue weighted by Gasteiger charge is 2.30. The van der Waals surface area contributed by atoms with E-state index in [1.54, 1.807) is 29.8 Å². The van der Waals surface area contributed by atoms with E-state index in [0.717, 1.165) is 17.8 Å². The molecule has 0 spiro atoms. The summed E-state index contributed by atoms with van der Waals surface area (Å²) in [4.78, 5) is 0. The van der Waals surface area contributed by atoms with E-state index in [0.29, 0.717) is 11.6 Å². The summed E-state index contributed by atoms with van der Waals surface area (Å²) in [6.07, 6.45) is 0.939. The van der Waals surface area contributed by atoms with E-state index >= 15 is 0 Å². The topological polar surface area (TPSA) is 38.0 Å². The van der Waals surface area contributed by atoms with Crippen LogP contribution in [0.1, 0.15) is 37.7 Å². The van der Waals surface area contributed by atoms with Crippen molar-refractivity contribution in [2.75, 3.05) is 0 Å². The molecule has 0 aliphatic heterocycles. The number of aliphatic hydroxyl groups is 1. The van der Waals surface area contributed by atoms with Crippen molar-refractivity contribution >= 4 is 11.6 Å². The number of aryl methyl sites for hydroxylation is 2. The predicted octanol–water partition coefficient (Wildman–Crippen LogP) is 3.71. The molecule has 0 radical (unpaired) electrons. The Hall–Kier alpha value is -1.39. The van der Waals surface area contributed by atoms with Gasteiger partial charge >= 0.3 is 0 Å². The SMILES string of the molecule is CCc1nn(CC)c(CC(C)(O)c2ccccc2F)c1Cl. The van der Waals surface area contributed by atoms with Gasteiger partial charge in [-0.15, -0.1) is 0 Å². The molecule has 0 saturated heterocycles. The quantitative estimate of drug-likeness (QED) is 0.914. The van der Waals surface area contributed by atoms with Gasteiger partial charge in [-0.05, 0) is 26.3 Å². The maximum atomic E-state index is 13.9. The lowest BCUT2D eigenvalue weighted by Gasteiger charge is -2.25. The maximum Gasteiger partial charge on any atom is 0.129 e. The Morgan fingerprint density at radius 3 is 2.57 bits per heavy atom. The summed E-state index contributed by atoms with van der Waals surface area (Å²) in [5.41, 5.74) is 0.470. The van der Waals surface area contributed by atoms with E-state index in [-0.39, 0.29) is 12.0 Å². The maximum absolute atomic E-state index is 13.9. The number of hydrogen-bond donors (Lipinski definition) is 1. The first-order valence-electron chi connectivity index (χ1n) is 7.12. The molecule has 0 fully saturated rings. The molecule has 0 saturated carbocycles. The molecule has 0 aliphatic carbocycles. The van der Waals surface area contributed by atoms with Crippen molar-refractivity contribution in [3.8, 4) is 0 Å². The molecule has 1 N–H and O–H groups in total. The van der Waals surface area contributed by atoms with Crippen molar-refractivity contribution in [3.63, 3.8) is 0 Å². The third-order valence-electron chi connectivity index (χ3n) is 3.66. The fourth-order valence-electron chi connectivity index (χ4n) is 2.51. The zero-order valence-corrected chi connectivity index (χ0v) is 13.3. The Balaban J connectivity index is 2.41. The van der Waals surface area contributed by atoms with Crippen LogP contribution in [0.5, 0.6) is 0 Å². The van der Waals surface area contributed by atoms with Gasteiger partial charge in [-0.2, -0.15) is 5.10 Å². The summed E-state index contributed by atoms with van der Waals surface area (Å²) in [5, 5.41) is 15.7. The molecule has 1 aromatic carbocycles. The van der Waals surface area contributed by atoms with Gasteiger partial charge in [0, 0.05) is 18.5 Å². The van der Waals surface area contributed by atoms with Crippen LogP contribution in [0, 0.1) is 5.82 Å². The van der Waals surface area contributed by atoms with Crippen LogP contribution in [-0.2, 0) is 25.0 Å². The lowest BCUT2D eigenvalue weighted by Crippen LogP contribution is -2.27. The first-order valence-corrected chi connectivity index (χ1v) is 7.50. The molecule has 1 aromatic heterocycles. The predicted molar refractivity (Wildman–Crippen MR) is 82.0 cm³/mol. The Morgan fingerprint density at radius 2 is 2.00 bits per heavy atom. The molecule has 0 amide bonds. The number of benzene rings is 1. The lowest BCUT2D eigenvalue weighted by molar-refractivity contribution is 0.0516. The summed E-state index contributed by atoms with van der Waals surface area (Å²) in [6, 6.07) is 6.26. The second-order valence-electron chi connectivity index (χ2n) is 5.31. The first-order chi connectivity index (χ1) is 9.90. The van der Waals surface area contributed by atoms with Crippen molar-refractivity contribution in [2.45, 2.75) is 45.8 Å². The van der Waals surface area contributed by atoms with Gasteiger partial charge in [0.25, 0.3) is 0 Å². The molecular formula is C16H20ClFN2O. The Kier molecular flexibility index (Phi) is 4.69. The summed E-state index contributed by atoms with van der Waals surface area (Å²) >= 11 is 6.35. The average Bonchev–Trinajstić information content (AvgIpc) is 2.75. The van der Waals surface area contributed by atoms with Gasteiger partial charge in [0.1, 0.15) is 5.82 Å². The van der Waals surface area contributed by atoms with Crippen LogP contribution in [0.25, 0.3) is 0 Å². The first kappa shape index (κ1) is 16.0. The van der Waals surface area contributed by atoms with Crippen LogP contribution in [0.4, 0.5) is 4.39 Å².